The molecule has 0 aliphatic carbocycles. The lowest BCUT2D eigenvalue weighted by molar-refractivity contribution is 0.267. The second kappa shape index (κ2) is 8.82. The summed E-state index contributed by atoms with van der Waals surface area (Å²) in [5, 5.41) is 2.62. The molecule has 2 aromatic carbocycles. The summed E-state index contributed by atoms with van der Waals surface area (Å²) in [4.78, 5) is 0. The van der Waals surface area contributed by atoms with Crippen molar-refractivity contribution >= 4 is 27.5 Å². The van der Waals surface area contributed by atoms with Crippen LogP contribution in [0.1, 0.15) is 78.6 Å². The minimum atomic E-state index is 0.111. The summed E-state index contributed by atoms with van der Waals surface area (Å²) in [7, 11) is 0. The van der Waals surface area contributed by atoms with Crippen molar-refractivity contribution in [1.82, 2.24) is 4.57 Å². The molecule has 0 amide bonds. The van der Waals surface area contributed by atoms with E-state index in [0.717, 1.165) is 5.69 Å². The summed E-state index contributed by atoms with van der Waals surface area (Å²) in [6, 6.07) is 15.2. The van der Waals surface area contributed by atoms with Gasteiger partial charge in [0.1, 0.15) is 0 Å². The lowest BCUT2D eigenvalue weighted by atomic mass is 9.87. The molecular formula is C25H36N2. The van der Waals surface area contributed by atoms with Crippen LogP contribution in [0.25, 0.3) is 21.8 Å². The van der Waals surface area contributed by atoms with Crippen molar-refractivity contribution < 1.29 is 0 Å². The number of nitrogens with zero attached hydrogens (tertiary/aromatic N) is 1. The Bertz CT molecular complexity index is 877. The van der Waals surface area contributed by atoms with Crippen LogP contribution >= 0.6 is 0 Å². The fourth-order valence-corrected chi connectivity index (χ4v) is 4.64. The molecule has 0 aliphatic rings. The van der Waals surface area contributed by atoms with Gasteiger partial charge in [-0.2, -0.15) is 0 Å². The summed E-state index contributed by atoms with van der Waals surface area (Å²) in [6.45, 7) is 7.04. The number of benzene rings is 2. The van der Waals surface area contributed by atoms with Crippen molar-refractivity contribution in [2.75, 3.05) is 5.73 Å². The first-order valence-electron chi connectivity index (χ1n) is 10.9. The van der Waals surface area contributed by atoms with Gasteiger partial charge in [-0.1, -0.05) is 89.1 Å². The predicted molar refractivity (Wildman–Crippen MR) is 120 cm³/mol. The van der Waals surface area contributed by atoms with E-state index in [0.29, 0.717) is 0 Å². The Hall–Kier alpha value is -1.96. The minimum absolute atomic E-state index is 0.111. The van der Waals surface area contributed by atoms with Crippen LogP contribution in [0.2, 0.25) is 0 Å². The third-order valence-corrected chi connectivity index (χ3v) is 6.15. The second-order valence-corrected chi connectivity index (χ2v) is 8.36. The zero-order chi connectivity index (χ0) is 19.3. The molecule has 27 heavy (non-hydrogen) atoms. The van der Waals surface area contributed by atoms with E-state index in [1.807, 2.05) is 0 Å². The maximum absolute atomic E-state index is 6.53. The van der Waals surface area contributed by atoms with Gasteiger partial charge in [0.15, 0.2) is 0 Å². The van der Waals surface area contributed by atoms with Crippen LogP contribution in [-0.2, 0) is 5.54 Å². The summed E-state index contributed by atoms with van der Waals surface area (Å²) < 4.78 is 2.59. The number of hydrogen-bond donors (Lipinski definition) is 1. The van der Waals surface area contributed by atoms with Crippen molar-refractivity contribution in [2.45, 2.75) is 84.1 Å². The highest BCUT2D eigenvalue weighted by molar-refractivity contribution is 6.11. The fraction of sp³-hybridized carbons (Fsp3) is 0.520. The highest BCUT2D eigenvalue weighted by Gasteiger charge is 2.29. The van der Waals surface area contributed by atoms with Crippen LogP contribution in [-0.4, -0.2) is 4.57 Å². The first-order valence-corrected chi connectivity index (χ1v) is 10.9. The van der Waals surface area contributed by atoms with Gasteiger partial charge < -0.3 is 10.3 Å². The molecule has 0 radical (unpaired) electrons. The molecule has 1 heterocycles. The van der Waals surface area contributed by atoms with E-state index in [-0.39, 0.29) is 5.54 Å². The van der Waals surface area contributed by atoms with Gasteiger partial charge in [0, 0.05) is 21.8 Å². The van der Waals surface area contributed by atoms with Gasteiger partial charge in [-0.3, -0.25) is 0 Å². The topological polar surface area (TPSA) is 30.9 Å². The summed E-state index contributed by atoms with van der Waals surface area (Å²) >= 11 is 0. The van der Waals surface area contributed by atoms with Gasteiger partial charge in [0.05, 0.1) is 11.2 Å². The number of nitrogen functional groups attached to an aromatic ring is 1. The monoisotopic (exact) mass is 364 g/mol. The zero-order valence-corrected chi connectivity index (χ0v) is 17.4. The molecule has 1 atom stereocenters. The number of anilines is 1. The van der Waals surface area contributed by atoms with E-state index in [2.05, 4.69) is 67.8 Å². The third-order valence-electron chi connectivity index (χ3n) is 6.15. The van der Waals surface area contributed by atoms with E-state index in [1.54, 1.807) is 0 Å². The fourth-order valence-electron chi connectivity index (χ4n) is 4.64. The quantitative estimate of drug-likeness (QED) is 0.291. The first kappa shape index (κ1) is 19.8. The molecule has 1 unspecified atom stereocenters. The highest BCUT2D eigenvalue weighted by atomic mass is 15.1. The summed E-state index contributed by atoms with van der Waals surface area (Å²) in [6.07, 6.45) is 11.5. The molecule has 1 aromatic heterocycles. The average Bonchev–Trinajstić information content (AvgIpc) is 3.02. The standard InChI is InChI=1S/C25H36N2/c1-4-6-8-12-19-25(3,18-11-7-5-2)27-23-17-10-9-14-20(23)21-15-13-16-22(26)24(21)27/h9-10,13-17H,4-8,11-12,18-19,26H2,1-3H3. The second-order valence-electron chi connectivity index (χ2n) is 8.36. The van der Waals surface area contributed by atoms with Crippen LogP contribution in [0.3, 0.4) is 0 Å². The zero-order valence-electron chi connectivity index (χ0n) is 17.4. The van der Waals surface area contributed by atoms with Gasteiger partial charge in [-0.05, 0) is 31.9 Å². The number of nitrogens with two attached hydrogens (primary N) is 1. The van der Waals surface area contributed by atoms with Crippen LogP contribution in [0, 0.1) is 0 Å². The molecule has 0 fully saturated rings. The van der Waals surface area contributed by atoms with Crippen molar-refractivity contribution in [1.29, 1.82) is 0 Å². The predicted octanol–water partition coefficient (Wildman–Crippen LogP) is 7.64. The van der Waals surface area contributed by atoms with E-state index in [4.69, 9.17) is 5.73 Å². The molecule has 3 rings (SSSR count). The first-order chi connectivity index (χ1) is 13.1. The Morgan fingerprint density at radius 2 is 1.41 bits per heavy atom. The SMILES string of the molecule is CCCCCCC(C)(CCCCC)n1c2ccccc2c2cccc(N)c21. The normalized spacial score (nSPS) is 14.0. The maximum atomic E-state index is 6.53. The van der Waals surface area contributed by atoms with Crippen LogP contribution in [0.15, 0.2) is 42.5 Å². The Labute approximate surface area is 164 Å². The lowest BCUT2D eigenvalue weighted by Crippen LogP contribution is -2.30. The van der Waals surface area contributed by atoms with Gasteiger partial charge in [0.25, 0.3) is 0 Å². The molecule has 0 aliphatic heterocycles. The van der Waals surface area contributed by atoms with Crippen LogP contribution in [0.4, 0.5) is 5.69 Å². The van der Waals surface area contributed by atoms with Gasteiger partial charge in [0.2, 0.25) is 0 Å². The Morgan fingerprint density at radius 1 is 0.778 bits per heavy atom. The molecule has 2 heteroatoms. The summed E-state index contributed by atoms with van der Waals surface area (Å²) in [5.41, 5.74) is 10.1. The smallest absolute Gasteiger partial charge is 0.0730 e. The van der Waals surface area contributed by atoms with Gasteiger partial charge in [-0.25, -0.2) is 0 Å². The Kier molecular flexibility index (Phi) is 6.46. The van der Waals surface area contributed by atoms with E-state index in [1.165, 1.54) is 79.6 Å². The van der Waals surface area contributed by atoms with Crippen molar-refractivity contribution in [2.24, 2.45) is 0 Å². The van der Waals surface area contributed by atoms with Crippen molar-refractivity contribution in [3.63, 3.8) is 0 Å². The van der Waals surface area contributed by atoms with Gasteiger partial charge >= 0.3 is 0 Å². The van der Waals surface area contributed by atoms with Crippen molar-refractivity contribution in [3.05, 3.63) is 42.5 Å². The largest absolute Gasteiger partial charge is 0.397 e. The molecule has 0 spiro atoms. The molecule has 3 aromatic rings. The maximum Gasteiger partial charge on any atom is 0.0730 e. The number of para-hydroxylation sites is 2. The molecule has 146 valence electrons. The van der Waals surface area contributed by atoms with Crippen LogP contribution in [0.5, 0.6) is 0 Å². The molecule has 0 saturated heterocycles. The van der Waals surface area contributed by atoms with Crippen molar-refractivity contribution in [3.8, 4) is 0 Å². The van der Waals surface area contributed by atoms with Crippen LogP contribution < -0.4 is 5.73 Å². The Balaban J connectivity index is 2.12. The molecule has 2 nitrogen and oxygen atoms in total. The third kappa shape index (κ3) is 4.00. The number of unbranched alkanes of at least 4 members (excludes halogenated alkanes) is 5. The molecule has 2 N–H and O–H groups in total. The average molecular weight is 365 g/mol. The van der Waals surface area contributed by atoms with E-state index < -0.39 is 0 Å². The van der Waals surface area contributed by atoms with Gasteiger partial charge in [-0.15, -0.1) is 0 Å². The van der Waals surface area contributed by atoms with E-state index >= 15 is 0 Å². The molecule has 0 bridgehead atoms. The number of fused-ring (bicyclic) bond motifs is 3. The number of rotatable bonds is 10. The number of hydrogen-bond acceptors (Lipinski definition) is 1. The molecular weight excluding hydrogens is 328 g/mol. The highest BCUT2D eigenvalue weighted by Crippen LogP contribution is 2.41. The molecule has 0 saturated carbocycles. The Morgan fingerprint density at radius 3 is 2.15 bits per heavy atom. The summed E-state index contributed by atoms with van der Waals surface area (Å²) in [5.74, 6) is 0. The number of aromatic nitrogens is 1. The lowest BCUT2D eigenvalue weighted by Gasteiger charge is -2.34. The minimum Gasteiger partial charge on any atom is -0.397 e. The van der Waals surface area contributed by atoms with E-state index in [9.17, 15) is 0 Å².